The Morgan fingerprint density at radius 3 is 2.66 bits per heavy atom. The maximum Gasteiger partial charge on any atom is 0.254 e. The van der Waals surface area contributed by atoms with Crippen molar-refractivity contribution in [3.8, 4) is 11.3 Å². The fourth-order valence-corrected chi connectivity index (χ4v) is 5.82. The van der Waals surface area contributed by atoms with Crippen LogP contribution in [0.15, 0.2) is 72.5 Å². The first kappa shape index (κ1) is 28.3. The Morgan fingerprint density at radius 2 is 1.95 bits per heavy atom. The number of rotatable bonds is 8. The van der Waals surface area contributed by atoms with Crippen molar-refractivity contribution in [2.45, 2.75) is 51.1 Å². The maximum absolute atomic E-state index is 13.9. The topological polar surface area (TPSA) is 142 Å². The molecule has 1 fully saturated rings. The van der Waals surface area contributed by atoms with E-state index >= 15 is 0 Å². The number of nitrogens with two attached hydrogens (primary N) is 1. The molecule has 3 heterocycles. The standard InChI is InChI=1S/C31H33N7O2S/c1-20-19-41-28(37-20)26-9-6-14-38(26)29(39)24-16-22(25-18-35-12-13-36-25)15-23(17-24)27(32)40-30(33)31(2,34)11-10-21-7-4-3-5-8-21/h3-5,7-8,12-13,15-19,26,32-33H,6,9-11,14,34H2,1-2H3. The molecule has 9 nitrogen and oxygen atoms in total. The van der Waals surface area contributed by atoms with Gasteiger partial charge in [-0.25, -0.2) is 4.98 Å². The molecule has 2 aromatic heterocycles. The second-order valence-corrected chi connectivity index (χ2v) is 11.4. The molecule has 210 valence electrons. The molecule has 41 heavy (non-hydrogen) atoms. The predicted octanol–water partition coefficient (Wildman–Crippen LogP) is 5.56. The van der Waals surface area contributed by atoms with Crippen LogP contribution < -0.4 is 5.73 Å². The second-order valence-electron chi connectivity index (χ2n) is 10.5. The lowest BCUT2D eigenvalue weighted by atomic mass is 9.94. The van der Waals surface area contributed by atoms with Gasteiger partial charge in [-0.2, -0.15) is 0 Å². The summed E-state index contributed by atoms with van der Waals surface area (Å²) in [5, 5.41) is 20.2. The number of aryl methyl sites for hydroxylation is 2. The van der Waals surface area contributed by atoms with E-state index in [1.54, 1.807) is 55.1 Å². The molecular weight excluding hydrogens is 534 g/mol. The summed E-state index contributed by atoms with van der Waals surface area (Å²) in [5.74, 6) is -0.628. The number of amides is 1. The molecule has 5 rings (SSSR count). The summed E-state index contributed by atoms with van der Waals surface area (Å²) in [6.45, 7) is 4.30. The van der Waals surface area contributed by atoms with Crippen molar-refractivity contribution in [2.24, 2.45) is 5.73 Å². The molecule has 1 aliphatic rings. The van der Waals surface area contributed by atoms with Crippen molar-refractivity contribution in [3.63, 3.8) is 0 Å². The van der Waals surface area contributed by atoms with Gasteiger partial charge in [0, 0.05) is 46.7 Å². The highest BCUT2D eigenvalue weighted by Gasteiger charge is 2.33. The van der Waals surface area contributed by atoms with Crippen LogP contribution in [0.5, 0.6) is 0 Å². The highest BCUT2D eigenvalue weighted by molar-refractivity contribution is 7.09. The maximum atomic E-state index is 13.9. The number of benzene rings is 2. The molecule has 0 aliphatic carbocycles. The zero-order chi connectivity index (χ0) is 29.0. The van der Waals surface area contributed by atoms with Crippen LogP contribution in [0.2, 0.25) is 0 Å². The summed E-state index contributed by atoms with van der Waals surface area (Å²) in [6.07, 6.45) is 7.65. The van der Waals surface area contributed by atoms with Gasteiger partial charge in [-0.05, 0) is 63.3 Å². The van der Waals surface area contributed by atoms with Crippen LogP contribution in [0.4, 0.5) is 0 Å². The van der Waals surface area contributed by atoms with Gasteiger partial charge < -0.3 is 15.4 Å². The summed E-state index contributed by atoms with van der Waals surface area (Å²) in [5.41, 5.74) is 9.37. The van der Waals surface area contributed by atoms with Gasteiger partial charge >= 0.3 is 0 Å². The molecule has 2 aromatic carbocycles. The minimum atomic E-state index is -1.09. The molecule has 1 amide bonds. The first-order valence-corrected chi connectivity index (χ1v) is 14.4. The molecule has 0 bridgehead atoms. The van der Waals surface area contributed by atoms with Crippen molar-refractivity contribution < 1.29 is 9.53 Å². The Hall–Kier alpha value is -4.28. The SMILES string of the molecule is Cc1csc(C2CCCN2C(=O)c2cc(C(=N)OC(=N)C(C)(N)CCc3ccccc3)cc(-c3cnccn3)c2)n1. The van der Waals surface area contributed by atoms with E-state index in [-0.39, 0.29) is 23.7 Å². The first-order chi connectivity index (χ1) is 19.7. The minimum absolute atomic E-state index is 0.0868. The Labute approximate surface area is 243 Å². The van der Waals surface area contributed by atoms with Crippen molar-refractivity contribution in [2.75, 3.05) is 6.54 Å². The van der Waals surface area contributed by atoms with E-state index in [9.17, 15) is 4.79 Å². The summed E-state index contributed by atoms with van der Waals surface area (Å²) in [6, 6.07) is 14.9. The van der Waals surface area contributed by atoms with Gasteiger partial charge in [0.05, 0.1) is 23.5 Å². The van der Waals surface area contributed by atoms with Crippen LogP contribution in [0.1, 0.15) is 64.4 Å². The summed E-state index contributed by atoms with van der Waals surface area (Å²) >= 11 is 1.57. The van der Waals surface area contributed by atoms with Crippen LogP contribution in [-0.4, -0.2) is 49.6 Å². The first-order valence-electron chi connectivity index (χ1n) is 13.5. The number of likely N-dealkylation sites (tertiary alicyclic amines) is 1. The third kappa shape index (κ3) is 6.55. The normalized spacial score (nSPS) is 16.3. The van der Waals surface area contributed by atoms with Crippen molar-refractivity contribution in [1.82, 2.24) is 19.9 Å². The predicted molar refractivity (Wildman–Crippen MR) is 160 cm³/mol. The van der Waals surface area contributed by atoms with Gasteiger partial charge in [0.1, 0.15) is 5.01 Å². The molecule has 1 aliphatic heterocycles. The molecule has 1 saturated heterocycles. The molecule has 10 heteroatoms. The van der Waals surface area contributed by atoms with E-state index in [0.717, 1.165) is 29.1 Å². The highest BCUT2D eigenvalue weighted by atomic mass is 32.1. The monoisotopic (exact) mass is 567 g/mol. The van der Waals surface area contributed by atoms with Gasteiger partial charge in [0.25, 0.3) is 5.91 Å². The Balaban J connectivity index is 1.40. The fourth-order valence-electron chi connectivity index (χ4n) is 4.88. The van der Waals surface area contributed by atoms with E-state index in [4.69, 9.17) is 21.3 Å². The number of aromatic nitrogens is 3. The zero-order valence-corrected chi connectivity index (χ0v) is 23.9. The van der Waals surface area contributed by atoms with Gasteiger partial charge in [0.15, 0.2) is 0 Å². The van der Waals surface area contributed by atoms with Gasteiger partial charge in [0.2, 0.25) is 11.8 Å². The minimum Gasteiger partial charge on any atom is -0.423 e. The number of hydrogen-bond acceptors (Lipinski definition) is 9. The second kappa shape index (κ2) is 12.1. The van der Waals surface area contributed by atoms with Gasteiger partial charge in [-0.3, -0.25) is 25.6 Å². The molecule has 0 radical (unpaired) electrons. The molecule has 4 aromatic rings. The van der Waals surface area contributed by atoms with Crippen molar-refractivity contribution >= 4 is 29.0 Å². The van der Waals surface area contributed by atoms with Crippen LogP contribution in [-0.2, 0) is 11.2 Å². The van der Waals surface area contributed by atoms with Gasteiger partial charge in [-0.15, -0.1) is 11.3 Å². The van der Waals surface area contributed by atoms with Crippen LogP contribution >= 0.6 is 11.3 Å². The van der Waals surface area contributed by atoms with Crippen LogP contribution in [0.3, 0.4) is 0 Å². The lowest BCUT2D eigenvalue weighted by molar-refractivity contribution is 0.0735. The molecule has 2 atom stereocenters. The van der Waals surface area contributed by atoms with E-state index in [0.29, 0.717) is 41.8 Å². The average Bonchev–Trinajstić information content (AvgIpc) is 3.65. The number of ether oxygens (including phenoxy) is 1. The van der Waals surface area contributed by atoms with E-state index in [1.807, 2.05) is 47.5 Å². The summed E-state index contributed by atoms with van der Waals surface area (Å²) < 4.78 is 5.71. The number of carbonyl (C=O) groups is 1. The number of thiazole rings is 1. The number of nitrogens with zero attached hydrogens (tertiary/aromatic N) is 4. The third-order valence-electron chi connectivity index (χ3n) is 7.24. The Bertz CT molecular complexity index is 1550. The number of carbonyl (C=O) groups excluding carboxylic acids is 1. The van der Waals surface area contributed by atoms with E-state index in [1.165, 1.54) is 0 Å². The smallest absolute Gasteiger partial charge is 0.254 e. The number of hydrogen-bond donors (Lipinski definition) is 3. The Kier molecular flexibility index (Phi) is 8.32. The van der Waals surface area contributed by atoms with E-state index < -0.39 is 5.54 Å². The van der Waals surface area contributed by atoms with Gasteiger partial charge in [-0.1, -0.05) is 30.3 Å². The molecular formula is C31H33N7O2S. The molecule has 0 spiro atoms. The zero-order valence-electron chi connectivity index (χ0n) is 23.1. The van der Waals surface area contributed by atoms with Crippen molar-refractivity contribution in [3.05, 3.63) is 99.9 Å². The lowest BCUT2D eigenvalue weighted by Gasteiger charge is -2.26. The highest BCUT2D eigenvalue weighted by Crippen LogP contribution is 2.35. The quantitative estimate of drug-likeness (QED) is 0.188. The molecule has 2 unspecified atom stereocenters. The lowest BCUT2D eigenvalue weighted by Crippen LogP contribution is -2.46. The summed E-state index contributed by atoms with van der Waals surface area (Å²) in [7, 11) is 0. The average molecular weight is 568 g/mol. The van der Waals surface area contributed by atoms with E-state index in [2.05, 4.69) is 15.0 Å². The van der Waals surface area contributed by atoms with Crippen LogP contribution in [0, 0.1) is 17.7 Å². The molecule has 0 saturated carbocycles. The van der Waals surface area contributed by atoms with Crippen LogP contribution in [0.25, 0.3) is 11.3 Å². The Morgan fingerprint density at radius 1 is 1.17 bits per heavy atom. The largest absolute Gasteiger partial charge is 0.423 e. The summed E-state index contributed by atoms with van der Waals surface area (Å²) in [4.78, 5) is 28.9. The molecule has 4 N–H and O–H groups in total. The number of nitrogens with one attached hydrogen (secondary N) is 2. The third-order valence-corrected chi connectivity index (χ3v) is 8.30. The van der Waals surface area contributed by atoms with Crippen molar-refractivity contribution in [1.29, 1.82) is 10.8 Å². The fraction of sp³-hybridized carbons (Fsp3) is 0.290.